The maximum absolute atomic E-state index is 14.6. The van der Waals surface area contributed by atoms with E-state index in [0.29, 0.717) is 5.75 Å². The number of aliphatic carboxylic acids is 2. The van der Waals surface area contributed by atoms with Crippen LogP contribution in [0.15, 0.2) is 24.3 Å². The molecule has 0 saturated heterocycles. The normalized spacial score (nSPS) is 13.5. The number of phosphoric ester groups is 2. The average molecular weight is 885 g/mol. The van der Waals surface area contributed by atoms with Gasteiger partial charge in [0.2, 0.25) is 0 Å². The summed E-state index contributed by atoms with van der Waals surface area (Å²) >= 11 is 0. The Morgan fingerprint density at radius 2 is 1.10 bits per heavy atom. The summed E-state index contributed by atoms with van der Waals surface area (Å²) in [5.74, 6) is -4.34. The molecular formula is C35H54N2O20P2. The zero-order valence-corrected chi connectivity index (χ0v) is 35.8. The molecule has 2 atom stereocenters. The number of benzene rings is 1. The highest BCUT2D eigenvalue weighted by atomic mass is 31.2. The molecular weight excluding hydrogens is 830 g/mol. The predicted molar refractivity (Wildman–Crippen MR) is 204 cm³/mol. The van der Waals surface area contributed by atoms with Crippen molar-refractivity contribution in [1.29, 1.82) is 0 Å². The lowest BCUT2D eigenvalue weighted by molar-refractivity contribution is -0.161. The number of phosphoric acid groups is 2. The lowest BCUT2D eigenvalue weighted by atomic mass is 9.75. The van der Waals surface area contributed by atoms with Gasteiger partial charge in [0, 0.05) is 30.9 Å². The summed E-state index contributed by atoms with van der Waals surface area (Å²) in [6, 6.07) is 6.05. The van der Waals surface area contributed by atoms with Crippen molar-refractivity contribution in [3.8, 4) is 11.4 Å². The quantitative estimate of drug-likeness (QED) is 0.0427. The van der Waals surface area contributed by atoms with Gasteiger partial charge < -0.3 is 63.1 Å². The lowest BCUT2D eigenvalue weighted by Gasteiger charge is -2.36. The first-order valence-corrected chi connectivity index (χ1v) is 21.0. The van der Waals surface area contributed by atoms with Gasteiger partial charge in [-0.3, -0.25) is 28.0 Å². The Balaban J connectivity index is 3.10. The van der Waals surface area contributed by atoms with E-state index < -0.39 is 94.6 Å². The number of methoxy groups -OCH3 is 1. The Bertz CT molecular complexity index is 1830. The van der Waals surface area contributed by atoms with Gasteiger partial charge >= 0.3 is 33.6 Å². The van der Waals surface area contributed by atoms with Gasteiger partial charge in [0.05, 0.1) is 77.4 Å². The van der Waals surface area contributed by atoms with Crippen LogP contribution in [-0.2, 0) is 51.5 Å². The fraction of sp³-hybridized carbons (Fsp3) is 0.600. The number of carbonyl (C=O) groups is 4. The number of carboxylic acid groups (broad SMARTS) is 2. The number of aromatic nitrogens is 1. The Hall–Kier alpha value is -3.76. The minimum Gasteiger partial charge on any atom is -0.497 e. The van der Waals surface area contributed by atoms with Crippen LogP contribution >= 0.6 is 15.6 Å². The largest absolute Gasteiger partial charge is 0.497 e. The van der Waals surface area contributed by atoms with Gasteiger partial charge in [-0.25, -0.2) is 13.9 Å². The van der Waals surface area contributed by atoms with Crippen LogP contribution in [0.5, 0.6) is 5.75 Å². The molecule has 334 valence electrons. The molecule has 0 spiro atoms. The Labute approximate surface area is 340 Å². The number of hydrogen-bond donors (Lipinski definition) is 6. The zero-order chi connectivity index (χ0) is 44.9. The minimum atomic E-state index is -4.79. The summed E-state index contributed by atoms with van der Waals surface area (Å²) in [5.41, 5.74) is -5.07. The second-order valence-corrected chi connectivity index (χ2v) is 16.4. The summed E-state index contributed by atoms with van der Waals surface area (Å²) in [5, 5.41) is 21.3. The molecule has 0 fully saturated rings. The maximum Gasteiger partial charge on any atom is 0.469 e. The predicted octanol–water partition coefficient (Wildman–Crippen LogP) is 2.95. The molecule has 0 bridgehead atoms. The summed E-state index contributed by atoms with van der Waals surface area (Å²) in [4.78, 5) is 92.2. The fourth-order valence-corrected chi connectivity index (χ4v) is 6.19. The molecule has 0 aliphatic heterocycles. The van der Waals surface area contributed by atoms with Gasteiger partial charge in [-0.1, -0.05) is 0 Å². The third kappa shape index (κ3) is 14.4. The average Bonchev–Trinajstić information content (AvgIpc) is 3.47. The van der Waals surface area contributed by atoms with E-state index in [0.717, 1.165) is 4.90 Å². The molecule has 59 heavy (non-hydrogen) atoms. The van der Waals surface area contributed by atoms with E-state index in [1.165, 1.54) is 84.7 Å². The van der Waals surface area contributed by atoms with Crippen LogP contribution in [0.1, 0.15) is 78.9 Å². The number of carbonyl (C=O) groups excluding carboxylic acids is 2. The number of carboxylic acids is 2. The Morgan fingerprint density at radius 1 is 0.695 bits per heavy atom. The number of nitrogens with zero attached hydrogens (tertiary/aromatic N) is 2. The molecule has 0 aliphatic carbocycles. The molecule has 0 saturated carbocycles. The van der Waals surface area contributed by atoms with Crippen molar-refractivity contribution in [2.45, 2.75) is 46.8 Å². The molecule has 1 aromatic carbocycles. The first kappa shape index (κ1) is 51.4. The topological polar surface area (TPSA) is 306 Å². The molecule has 0 radical (unpaired) electrons. The van der Waals surface area contributed by atoms with E-state index in [4.69, 9.17) is 48.0 Å². The molecule has 2 aromatic rings. The summed E-state index contributed by atoms with van der Waals surface area (Å²) in [6.45, 7) is 3.38. The van der Waals surface area contributed by atoms with Gasteiger partial charge in [0.15, 0.2) is 0 Å². The van der Waals surface area contributed by atoms with Gasteiger partial charge in [0.25, 0.3) is 5.91 Å². The highest BCUT2D eigenvalue weighted by molar-refractivity contribution is 7.46. The zero-order valence-electron chi connectivity index (χ0n) is 34.0. The third-order valence-corrected chi connectivity index (χ3v) is 9.63. The van der Waals surface area contributed by atoms with Crippen molar-refractivity contribution in [3.05, 3.63) is 46.8 Å². The van der Waals surface area contributed by atoms with Crippen LogP contribution in [0.4, 0.5) is 0 Å². The van der Waals surface area contributed by atoms with Crippen LogP contribution in [0, 0.1) is 10.8 Å². The van der Waals surface area contributed by atoms with Crippen LogP contribution < -0.4 is 4.74 Å². The van der Waals surface area contributed by atoms with Gasteiger partial charge in [0.1, 0.15) is 29.3 Å². The maximum atomic E-state index is 14.6. The Kier molecular flexibility index (Phi) is 19.3. The molecule has 2 rings (SSSR count). The van der Waals surface area contributed by atoms with E-state index in [2.05, 4.69) is 9.05 Å². The van der Waals surface area contributed by atoms with Crippen molar-refractivity contribution in [2.75, 3.05) is 80.7 Å². The molecule has 22 nitrogen and oxygen atoms in total. The van der Waals surface area contributed by atoms with E-state index in [-0.39, 0.29) is 55.5 Å². The van der Waals surface area contributed by atoms with E-state index in [1.54, 1.807) is 0 Å². The highest BCUT2D eigenvalue weighted by Crippen LogP contribution is 2.50. The smallest absolute Gasteiger partial charge is 0.469 e. The van der Waals surface area contributed by atoms with E-state index in [9.17, 15) is 38.5 Å². The van der Waals surface area contributed by atoms with E-state index in [1.807, 2.05) is 0 Å². The molecule has 0 aliphatic rings. The van der Waals surface area contributed by atoms with Crippen LogP contribution in [0.3, 0.4) is 0 Å². The van der Waals surface area contributed by atoms with Crippen molar-refractivity contribution in [1.82, 2.24) is 9.47 Å². The minimum absolute atomic E-state index is 0.159. The molecule has 6 N–H and O–H groups in total. The number of ether oxygens (including phenoxy) is 6. The molecule has 2 unspecified atom stereocenters. The number of esters is 1. The first-order chi connectivity index (χ1) is 27.3. The van der Waals surface area contributed by atoms with Crippen molar-refractivity contribution in [2.24, 2.45) is 10.8 Å². The van der Waals surface area contributed by atoms with Gasteiger partial charge in [-0.15, -0.1) is 0 Å². The summed E-state index contributed by atoms with van der Waals surface area (Å²) in [7, 11) is -5.37. The third-order valence-electron chi connectivity index (χ3n) is 8.59. The number of hydrogen-bond acceptors (Lipinski definition) is 14. The first-order valence-electron chi connectivity index (χ1n) is 17.9. The fourth-order valence-electron chi connectivity index (χ4n) is 5.56. The molecule has 1 heterocycles. The van der Waals surface area contributed by atoms with Crippen LogP contribution in [-0.4, -0.2) is 144 Å². The SMILES string of the molecule is CCOC(=O)c1c(C(OCCOCCOP(=O)(O)O)C(C)(C)C(=O)O)c(C(OCCOCCOP(=O)(O)O)C(C)(C)C(=O)O)c(C(=O)N(C)C)n1-c1ccc(OC)cc1. The van der Waals surface area contributed by atoms with Crippen LogP contribution in [0.2, 0.25) is 0 Å². The monoisotopic (exact) mass is 884 g/mol. The number of rotatable bonds is 27. The van der Waals surface area contributed by atoms with Crippen LogP contribution in [0.25, 0.3) is 5.69 Å². The van der Waals surface area contributed by atoms with Crippen molar-refractivity contribution >= 4 is 39.5 Å². The van der Waals surface area contributed by atoms with Gasteiger partial charge in [-0.2, -0.15) is 0 Å². The summed E-state index contributed by atoms with van der Waals surface area (Å²) in [6.07, 6.45) is -3.41. The van der Waals surface area contributed by atoms with Crippen molar-refractivity contribution in [3.63, 3.8) is 0 Å². The van der Waals surface area contributed by atoms with Crippen molar-refractivity contribution < 1.29 is 95.6 Å². The molecule has 24 heteroatoms. The second-order valence-electron chi connectivity index (χ2n) is 13.9. The summed E-state index contributed by atoms with van der Waals surface area (Å²) < 4.78 is 66.2. The second kappa shape index (κ2) is 22.2. The standard InChI is InChI=1S/C35H54N2O20P2/c1-9-53-31(39)27-25(29(35(4,5)33(42)43)55-19-15-52-17-21-57-59(47,48)49)24(26(30(38)36(6)7)37(27)22-10-12-23(50-8)13-11-22)28(34(2,3)32(40)41)54-18-14-51-16-20-56-58(44,45)46/h10-13,28-29H,9,14-21H2,1-8H3,(H,40,41)(H,42,43)(H2,44,45,46)(H2,47,48,49). The Morgan fingerprint density at radius 3 is 1.46 bits per heavy atom. The van der Waals surface area contributed by atoms with Gasteiger partial charge in [-0.05, 0) is 58.9 Å². The van der Waals surface area contributed by atoms with E-state index >= 15 is 0 Å². The number of amides is 1. The molecule has 1 amide bonds. The molecule has 1 aromatic heterocycles. The lowest BCUT2D eigenvalue weighted by Crippen LogP contribution is -2.38. The highest BCUT2D eigenvalue weighted by Gasteiger charge is 2.51.